The summed E-state index contributed by atoms with van der Waals surface area (Å²) in [6, 6.07) is 0. The fourth-order valence-corrected chi connectivity index (χ4v) is 1.05. The summed E-state index contributed by atoms with van der Waals surface area (Å²) >= 11 is 0. The number of hydrogen-bond donors (Lipinski definition) is 2. The number of nitrogens with one attached hydrogen (secondary N) is 1. The van der Waals surface area contributed by atoms with E-state index in [0.29, 0.717) is 5.92 Å². The minimum atomic E-state index is 0.241. The van der Waals surface area contributed by atoms with Gasteiger partial charge < -0.3 is 11.1 Å². The normalized spacial score (nSPS) is 47.6. The third-order valence-corrected chi connectivity index (χ3v) is 2.14. The maximum atomic E-state index is 5.66. The van der Waals surface area contributed by atoms with Crippen LogP contribution in [-0.4, -0.2) is 12.7 Å². The van der Waals surface area contributed by atoms with E-state index in [-0.39, 0.29) is 6.17 Å². The Balaban J connectivity index is 2.44. The molecule has 3 N–H and O–H groups in total. The van der Waals surface area contributed by atoms with Gasteiger partial charge in [-0.15, -0.1) is 0 Å². The number of rotatable bonds is 0. The third kappa shape index (κ3) is 0.858. The molecule has 0 aliphatic carbocycles. The molecule has 0 spiro atoms. The zero-order valence-corrected chi connectivity index (χ0v) is 5.52. The molecule has 1 rings (SSSR count). The van der Waals surface area contributed by atoms with Crippen LogP contribution >= 0.6 is 0 Å². The van der Waals surface area contributed by atoms with Gasteiger partial charge in [-0.25, -0.2) is 0 Å². The average molecular weight is 114 g/mol. The van der Waals surface area contributed by atoms with Gasteiger partial charge in [0.05, 0.1) is 6.17 Å². The van der Waals surface area contributed by atoms with Crippen LogP contribution in [-0.2, 0) is 0 Å². The summed E-state index contributed by atoms with van der Waals surface area (Å²) in [6.07, 6.45) is 0.241. The summed E-state index contributed by atoms with van der Waals surface area (Å²) in [5.41, 5.74) is 5.66. The summed E-state index contributed by atoms with van der Waals surface area (Å²) in [5, 5.41) is 3.20. The highest BCUT2D eigenvalue weighted by atomic mass is 15.1. The highest BCUT2D eigenvalue weighted by molar-refractivity contribution is 4.80. The Hall–Kier alpha value is -0.0800. The second-order valence-corrected chi connectivity index (χ2v) is 2.77. The van der Waals surface area contributed by atoms with Crippen LogP contribution in [0.15, 0.2) is 0 Å². The Morgan fingerprint density at radius 2 is 2.12 bits per heavy atom. The summed E-state index contributed by atoms with van der Waals surface area (Å²) in [7, 11) is 0. The highest BCUT2D eigenvalue weighted by Gasteiger charge is 2.25. The summed E-state index contributed by atoms with van der Waals surface area (Å²) < 4.78 is 0. The molecule has 0 aromatic carbocycles. The van der Waals surface area contributed by atoms with E-state index in [0.717, 1.165) is 12.5 Å². The van der Waals surface area contributed by atoms with E-state index in [1.54, 1.807) is 0 Å². The van der Waals surface area contributed by atoms with Gasteiger partial charge in [-0.05, 0) is 18.4 Å². The van der Waals surface area contributed by atoms with Crippen LogP contribution in [0.25, 0.3) is 0 Å². The fraction of sp³-hybridized carbons (Fsp3) is 1.00. The van der Waals surface area contributed by atoms with Crippen molar-refractivity contribution >= 4 is 0 Å². The topological polar surface area (TPSA) is 38.0 Å². The molecule has 48 valence electrons. The smallest absolute Gasteiger partial charge is 0.0575 e. The van der Waals surface area contributed by atoms with Crippen LogP contribution in [0.2, 0.25) is 0 Å². The maximum absolute atomic E-state index is 5.66. The minimum Gasteiger partial charge on any atom is -0.316 e. The van der Waals surface area contributed by atoms with Crippen LogP contribution in [0, 0.1) is 11.8 Å². The molecule has 0 bridgehead atoms. The molecule has 2 nitrogen and oxygen atoms in total. The van der Waals surface area contributed by atoms with Gasteiger partial charge in [0.15, 0.2) is 0 Å². The molecule has 1 aliphatic rings. The van der Waals surface area contributed by atoms with Crippen molar-refractivity contribution in [1.29, 1.82) is 0 Å². The van der Waals surface area contributed by atoms with Crippen molar-refractivity contribution < 1.29 is 0 Å². The molecule has 0 amide bonds. The molecular weight excluding hydrogens is 100 g/mol. The Morgan fingerprint density at radius 1 is 1.50 bits per heavy atom. The van der Waals surface area contributed by atoms with Crippen molar-refractivity contribution in [3.05, 3.63) is 0 Å². The molecule has 3 unspecified atom stereocenters. The van der Waals surface area contributed by atoms with E-state index in [1.807, 2.05) is 0 Å². The molecule has 8 heavy (non-hydrogen) atoms. The van der Waals surface area contributed by atoms with E-state index in [9.17, 15) is 0 Å². The molecule has 1 aliphatic heterocycles. The number of hydrogen-bond acceptors (Lipinski definition) is 2. The Bertz CT molecular complexity index is 72.6. The Kier molecular flexibility index (Phi) is 1.54. The van der Waals surface area contributed by atoms with Gasteiger partial charge >= 0.3 is 0 Å². The van der Waals surface area contributed by atoms with E-state index in [1.165, 1.54) is 0 Å². The first-order valence-corrected chi connectivity index (χ1v) is 3.21. The predicted molar refractivity (Wildman–Crippen MR) is 34.3 cm³/mol. The van der Waals surface area contributed by atoms with Crippen molar-refractivity contribution in [3.63, 3.8) is 0 Å². The van der Waals surface area contributed by atoms with Gasteiger partial charge in [-0.3, -0.25) is 0 Å². The molecule has 0 aromatic heterocycles. The molecule has 3 atom stereocenters. The predicted octanol–water partition coefficient (Wildman–Crippen LogP) is 0.147. The van der Waals surface area contributed by atoms with E-state index < -0.39 is 0 Å². The summed E-state index contributed by atoms with van der Waals surface area (Å²) in [4.78, 5) is 0. The molecule has 0 saturated carbocycles. The second-order valence-electron chi connectivity index (χ2n) is 2.77. The lowest BCUT2D eigenvalue weighted by atomic mass is 9.99. The van der Waals surface area contributed by atoms with Crippen LogP contribution in [0.4, 0.5) is 0 Å². The Labute approximate surface area is 50.4 Å². The zero-order valence-electron chi connectivity index (χ0n) is 5.52. The van der Waals surface area contributed by atoms with E-state index in [2.05, 4.69) is 19.2 Å². The molecule has 2 heteroatoms. The van der Waals surface area contributed by atoms with Gasteiger partial charge in [-0.2, -0.15) is 0 Å². The monoisotopic (exact) mass is 114 g/mol. The van der Waals surface area contributed by atoms with Crippen LogP contribution < -0.4 is 11.1 Å². The molecule has 1 heterocycles. The third-order valence-electron chi connectivity index (χ3n) is 2.14. The fourth-order valence-electron chi connectivity index (χ4n) is 1.05. The first-order chi connectivity index (χ1) is 3.72. The van der Waals surface area contributed by atoms with Gasteiger partial charge in [0, 0.05) is 0 Å². The lowest BCUT2D eigenvalue weighted by Gasteiger charge is -2.10. The average Bonchev–Trinajstić information content (AvgIpc) is 1.98. The molecule has 1 fully saturated rings. The van der Waals surface area contributed by atoms with Crippen LogP contribution in [0.5, 0.6) is 0 Å². The van der Waals surface area contributed by atoms with Gasteiger partial charge in [0.2, 0.25) is 0 Å². The molecule has 0 radical (unpaired) electrons. The van der Waals surface area contributed by atoms with Crippen molar-refractivity contribution in [3.8, 4) is 0 Å². The standard InChI is InChI=1S/C6H14N2/c1-4-3-8-6(7)5(4)2/h4-6,8H,3,7H2,1-2H3. The first kappa shape index (κ1) is 6.05. The van der Waals surface area contributed by atoms with Crippen molar-refractivity contribution in [2.24, 2.45) is 17.6 Å². The first-order valence-electron chi connectivity index (χ1n) is 3.21. The maximum Gasteiger partial charge on any atom is 0.0575 e. The summed E-state index contributed by atoms with van der Waals surface area (Å²) in [5.74, 6) is 1.40. The minimum absolute atomic E-state index is 0.241. The lowest BCUT2D eigenvalue weighted by Crippen LogP contribution is -2.34. The van der Waals surface area contributed by atoms with Crippen molar-refractivity contribution in [2.75, 3.05) is 6.54 Å². The highest BCUT2D eigenvalue weighted by Crippen LogP contribution is 2.17. The van der Waals surface area contributed by atoms with Gasteiger partial charge in [-0.1, -0.05) is 13.8 Å². The largest absolute Gasteiger partial charge is 0.316 e. The molecule has 0 aromatic rings. The second kappa shape index (κ2) is 2.03. The van der Waals surface area contributed by atoms with Gasteiger partial charge in [0.1, 0.15) is 0 Å². The SMILES string of the molecule is CC1CNC(N)C1C. The lowest BCUT2D eigenvalue weighted by molar-refractivity contribution is 0.424. The van der Waals surface area contributed by atoms with E-state index in [4.69, 9.17) is 5.73 Å². The quantitative estimate of drug-likeness (QED) is 0.470. The van der Waals surface area contributed by atoms with Crippen molar-refractivity contribution in [1.82, 2.24) is 5.32 Å². The zero-order chi connectivity index (χ0) is 6.15. The molecule has 1 saturated heterocycles. The van der Waals surface area contributed by atoms with E-state index >= 15 is 0 Å². The summed E-state index contributed by atoms with van der Waals surface area (Å²) in [6.45, 7) is 5.50. The number of nitrogens with two attached hydrogens (primary N) is 1. The Morgan fingerprint density at radius 3 is 2.25 bits per heavy atom. The molecular formula is C6H14N2. The van der Waals surface area contributed by atoms with Crippen molar-refractivity contribution in [2.45, 2.75) is 20.0 Å². The van der Waals surface area contributed by atoms with Crippen LogP contribution in [0.1, 0.15) is 13.8 Å². The van der Waals surface area contributed by atoms with Crippen LogP contribution in [0.3, 0.4) is 0 Å². The van der Waals surface area contributed by atoms with Gasteiger partial charge in [0.25, 0.3) is 0 Å².